The molecule has 26 heavy (non-hydrogen) atoms. The lowest BCUT2D eigenvalue weighted by Crippen LogP contribution is -2.47. The molecule has 3 aromatic rings. The van der Waals surface area contributed by atoms with Crippen molar-refractivity contribution in [2.24, 2.45) is 0 Å². The third kappa shape index (κ3) is 3.50. The van der Waals surface area contributed by atoms with Crippen molar-refractivity contribution < 1.29 is 9.21 Å². The van der Waals surface area contributed by atoms with E-state index in [2.05, 4.69) is 20.6 Å². The molecule has 8 heteroatoms. The van der Waals surface area contributed by atoms with Crippen molar-refractivity contribution in [3.05, 3.63) is 53.8 Å². The van der Waals surface area contributed by atoms with E-state index in [9.17, 15) is 4.79 Å². The standard InChI is InChI=1S/C18H20N6O2/c1-13-4-2-3-5-15(13)16-8-20-17(26-16)12-24-11-14(21-22-24)10-23-7-6-19-9-18(23)25/h2-5,8,11,19H,6-7,9-10,12H2,1H3. The fraction of sp³-hybridized carbons (Fsp3) is 0.333. The Hall–Kier alpha value is -3.00. The maximum Gasteiger partial charge on any atom is 0.236 e. The third-order valence-electron chi connectivity index (χ3n) is 4.39. The second kappa shape index (κ2) is 7.09. The van der Waals surface area contributed by atoms with Crippen LogP contribution in [0.5, 0.6) is 0 Å². The summed E-state index contributed by atoms with van der Waals surface area (Å²) in [6.07, 6.45) is 3.56. The van der Waals surface area contributed by atoms with Crippen molar-refractivity contribution >= 4 is 5.91 Å². The number of carbonyl (C=O) groups excluding carboxylic acids is 1. The van der Waals surface area contributed by atoms with E-state index in [1.54, 1.807) is 15.8 Å². The fourth-order valence-corrected chi connectivity index (χ4v) is 2.99. The first kappa shape index (κ1) is 16.5. The number of piperazine rings is 1. The van der Waals surface area contributed by atoms with E-state index < -0.39 is 0 Å². The highest BCUT2D eigenvalue weighted by Crippen LogP contribution is 2.23. The quantitative estimate of drug-likeness (QED) is 0.743. The second-order valence-electron chi connectivity index (χ2n) is 6.33. The van der Waals surface area contributed by atoms with Crippen LogP contribution >= 0.6 is 0 Å². The number of carbonyl (C=O) groups is 1. The van der Waals surface area contributed by atoms with Gasteiger partial charge in [-0.2, -0.15) is 0 Å². The minimum Gasteiger partial charge on any atom is -0.439 e. The SMILES string of the molecule is Cc1ccccc1-c1cnc(Cn2cc(CN3CCNCC3=O)nn2)o1. The Morgan fingerprint density at radius 1 is 1.27 bits per heavy atom. The number of nitrogens with one attached hydrogen (secondary N) is 1. The summed E-state index contributed by atoms with van der Waals surface area (Å²) in [5, 5.41) is 11.3. The van der Waals surface area contributed by atoms with E-state index in [0.29, 0.717) is 32.1 Å². The van der Waals surface area contributed by atoms with Gasteiger partial charge in [-0.1, -0.05) is 29.5 Å². The van der Waals surface area contributed by atoms with E-state index in [4.69, 9.17) is 4.42 Å². The van der Waals surface area contributed by atoms with E-state index in [1.165, 1.54) is 0 Å². The van der Waals surface area contributed by atoms with Crippen molar-refractivity contribution in [2.75, 3.05) is 19.6 Å². The molecule has 0 spiro atoms. The number of aromatic nitrogens is 4. The molecule has 3 heterocycles. The highest BCUT2D eigenvalue weighted by atomic mass is 16.4. The molecule has 2 aromatic heterocycles. The number of rotatable bonds is 5. The van der Waals surface area contributed by atoms with Gasteiger partial charge < -0.3 is 14.6 Å². The van der Waals surface area contributed by atoms with Gasteiger partial charge in [0.2, 0.25) is 11.8 Å². The van der Waals surface area contributed by atoms with Gasteiger partial charge >= 0.3 is 0 Å². The van der Waals surface area contributed by atoms with Crippen molar-refractivity contribution in [1.82, 2.24) is 30.2 Å². The number of oxazole rings is 1. The van der Waals surface area contributed by atoms with Crippen LogP contribution in [0.2, 0.25) is 0 Å². The summed E-state index contributed by atoms with van der Waals surface area (Å²) in [5.41, 5.74) is 2.92. The first-order valence-corrected chi connectivity index (χ1v) is 8.57. The van der Waals surface area contributed by atoms with E-state index in [-0.39, 0.29) is 5.91 Å². The lowest BCUT2D eigenvalue weighted by Gasteiger charge is -2.26. The van der Waals surface area contributed by atoms with Crippen LogP contribution in [0.15, 0.2) is 41.1 Å². The van der Waals surface area contributed by atoms with Gasteiger partial charge in [0.1, 0.15) is 12.2 Å². The molecule has 0 unspecified atom stereocenters. The van der Waals surface area contributed by atoms with Crippen LogP contribution in [0.4, 0.5) is 0 Å². The fourth-order valence-electron chi connectivity index (χ4n) is 2.99. The zero-order chi connectivity index (χ0) is 17.9. The molecule has 1 aliphatic rings. The minimum absolute atomic E-state index is 0.0846. The average molecular weight is 352 g/mol. The summed E-state index contributed by atoms with van der Waals surface area (Å²) >= 11 is 0. The number of hydrogen-bond donors (Lipinski definition) is 1. The Morgan fingerprint density at radius 3 is 3.00 bits per heavy atom. The first-order chi connectivity index (χ1) is 12.7. The van der Waals surface area contributed by atoms with Crippen LogP contribution in [0.1, 0.15) is 17.1 Å². The predicted octanol–water partition coefficient (Wildman–Crippen LogP) is 1.22. The number of benzene rings is 1. The third-order valence-corrected chi connectivity index (χ3v) is 4.39. The van der Waals surface area contributed by atoms with Gasteiger partial charge in [0.15, 0.2) is 5.76 Å². The first-order valence-electron chi connectivity index (χ1n) is 8.57. The monoisotopic (exact) mass is 352 g/mol. The van der Waals surface area contributed by atoms with Crippen molar-refractivity contribution in [2.45, 2.75) is 20.0 Å². The molecule has 1 aliphatic heterocycles. The number of aryl methyl sites for hydroxylation is 1. The summed E-state index contributed by atoms with van der Waals surface area (Å²) in [5.74, 6) is 1.39. The van der Waals surface area contributed by atoms with Gasteiger partial charge in [0, 0.05) is 18.7 Å². The average Bonchev–Trinajstić information content (AvgIpc) is 3.27. The van der Waals surface area contributed by atoms with Gasteiger partial charge in [0.05, 0.1) is 25.5 Å². The maximum atomic E-state index is 11.8. The summed E-state index contributed by atoms with van der Waals surface area (Å²) in [4.78, 5) is 18.0. The van der Waals surface area contributed by atoms with Gasteiger partial charge in [-0.05, 0) is 12.5 Å². The second-order valence-corrected chi connectivity index (χ2v) is 6.33. The van der Waals surface area contributed by atoms with Gasteiger partial charge in [-0.3, -0.25) is 4.79 Å². The van der Waals surface area contributed by atoms with E-state index >= 15 is 0 Å². The lowest BCUT2D eigenvalue weighted by atomic mass is 10.1. The normalized spacial score (nSPS) is 14.8. The summed E-state index contributed by atoms with van der Waals surface area (Å²) < 4.78 is 7.53. The van der Waals surface area contributed by atoms with Crippen LogP contribution < -0.4 is 5.32 Å². The van der Waals surface area contributed by atoms with Crippen molar-refractivity contribution in [1.29, 1.82) is 0 Å². The van der Waals surface area contributed by atoms with Gasteiger partial charge in [0.25, 0.3) is 0 Å². The molecule has 1 amide bonds. The molecule has 0 radical (unpaired) electrons. The zero-order valence-electron chi connectivity index (χ0n) is 14.6. The topological polar surface area (TPSA) is 89.1 Å². The summed E-state index contributed by atoms with van der Waals surface area (Å²) in [6.45, 7) is 4.78. The number of nitrogens with zero attached hydrogens (tertiary/aromatic N) is 5. The molecule has 0 saturated carbocycles. The zero-order valence-corrected chi connectivity index (χ0v) is 14.6. The molecule has 0 bridgehead atoms. The summed E-state index contributed by atoms with van der Waals surface area (Å²) in [6, 6.07) is 8.03. The lowest BCUT2D eigenvalue weighted by molar-refractivity contribution is -0.132. The van der Waals surface area contributed by atoms with Crippen LogP contribution in [-0.4, -0.2) is 50.4 Å². The van der Waals surface area contributed by atoms with E-state index in [0.717, 1.165) is 29.1 Å². The molecule has 1 fully saturated rings. The Balaban J connectivity index is 1.43. The summed E-state index contributed by atoms with van der Waals surface area (Å²) in [7, 11) is 0. The van der Waals surface area contributed by atoms with Crippen LogP contribution in [0.3, 0.4) is 0 Å². The van der Waals surface area contributed by atoms with Crippen LogP contribution in [0.25, 0.3) is 11.3 Å². The highest BCUT2D eigenvalue weighted by molar-refractivity contribution is 5.78. The molecule has 1 saturated heterocycles. The Bertz CT molecular complexity index is 916. The largest absolute Gasteiger partial charge is 0.439 e. The van der Waals surface area contributed by atoms with Crippen LogP contribution in [-0.2, 0) is 17.9 Å². The van der Waals surface area contributed by atoms with Gasteiger partial charge in [-0.15, -0.1) is 5.10 Å². The minimum atomic E-state index is 0.0846. The van der Waals surface area contributed by atoms with Crippen LogP contribution in [0, 0.1) is 6.92 Å². The molecule has 1 N–H and O–H groups in total. The Morgan fingerprint density at radius 2 is 2.15 bits per heavy atom. The molecule has 4 rings (SSSR count). The maximum absolute atomic E-state index is 11.8. The predicted molar refractivity (Wildman–Crippen MR) is 94.1 cm³/mol. The molecule has 0 aliphatic carbocycles. The number of hydrogen-bond acceptors (Lipinski definition) is 6. The molecule has 0 atom stereocenters. The van der Waals surface area contributed by atoms with Crippen molar-refractivity contribution in [3.63, 3.8) is 0 Å². The Labute approximate surface area is 150 Å². The smallest absolute Gasteiger partial charge is 0.236 e. The molecule has 8 nitrogen and oxygen atoms in total. The Kier molecular flexibility index (Phi) is 4.49. The van der Waals surface area contributed by atoms with Crippen molar-refractivity contribution in [3.8, 4) is 11.3 Å². The highest BCUT2D eigenvalue weighted by Gasteiger charge is 2.19. The molecular weight excluding hydrogens is 332 g/mol. The number of amides is 1. The van der Waals surface area contributed by atoms with Gasteiger partial charge in [-0.25, -0.2) is 9.67 Å². The molecule has 1 aromatic carbocycles. The molecular formula is C18H20N6O2. The molecule has 134 valence electrons. The van der Waals surface area contributed by atoms with E-state index in [1.807, 2.05) is 37.4 Å².